The van der Waals surface area contributed by atoms with Crippen LogP contribution in [-0.2, 0) is 7.05 Å². The molecule has 0 saturated heterocycles. The molecule has 0 aliphatic rings. The Labute approximate surface area is 65.3 Å². The van der Waals surface area contributed by atoms with Gasteiger partial charge in [-0.3, -0.25) is 9.69 Å². The first-order valence-corrected chi connectivity index (χ1v) is 3.27. The molecule has 1 aromatic rings. The van der Waals surface area contributed by atoms with Gasteiger partial charge in [-0.2, -0.15) is 5.10 Å². The topological polar surface area (TPSA) is 45.8 Å². The lowest BCUT2D eigenvalue weighted by Gasteiger charge is -1.97. The maximum Gasteiger partial charge on any atom is 0.197 e. The van der Waals surface area contributed by atoms with Crippen LogP contribution in [0, 0.1) is 0 Å². The Hall–Kier alpha value is -1.39. The van der Waals surface area contributed by atoms with Crippen molar-refractivity contribution in [2.24, 2.45) is 17.4 Å². The van der Waals surface area contributed by atoms with Crippen molar-refractivity contribution in [1.82, 2.24) is 14.8 Å². The first kappa shape index (κ1) is 7.71. The van der Waals surface area contributed by atoms with E-state index in [9.17, 15) is 0 Å². The van der Waals surface area contributed by atoms with Gasteiger partial charge < -0.3 is 0 Å². The molecule has 0 aliphatic carbocycles. The van der Waals surface area contributed by atoms with Gasteiger partial charge in [0.05, 0.1) is 0 Å². The molecule has 0 N–H and O–H groups in total. The van der Waals surface area contributed by atoms with Crippen LogP contribution in [0.15, 0.2) is 22.6 Å². The van der Waals surface area contributed by atoms with E-state index in [1.54, 1.807) is 15.8 Å². The highest BCUT2D eigenvalue weighted by Crippen LogP contribution is 2.05. The SMILES string of the molecule is CN(C)N=Nc1ccn(C)n1. The number of hydrogen-bond acceptors (Lipinski definition) is 3. The van der Waals surface area contributed by atoms with Gasteiger partial charge >= 0.3 is 0 Å². The number of aryl methyl sites for hydroxylation is 1. The quantitative estimate of drug-likeness (QED) is 0.469. The lowest BCUT2D eigenvalue weighted by Crippen LogP contribution is -1.98. The first-order valence-electron chi connectivity index (χ1n) is 3.27. The molecule has 1 aromatic heterocycles. The highest BCUT2D eigenvalue weighted by Gasteiger charge is 1.91. The van der Waals surface area contributed by atoms with Crippen LogP contribution in [0.1, 0.15) is 0 Å². The van der Waals surface area contributed by atoms with E-state index in [1.165, 1.54) is 0 Å². The van der Waals surface area contributed by atoms with Gasteiger partial charge in [-0.15, -0.1) is 5.11 Å². The third kappa shape index (κ3) is 2.37. The summed E-state index contributed by atoms with van der Waals surface area (Å²) in [6, 6.07) is 1.80. The van der Waals surface area contributed by atoms with Crippen LogP contribution >= 0.6 is 0 Å². The molecule has 0 bridgehead atoms. The van der Waals surface area contributed by atoms with E-state index in [0.717, 1.165) is 0 Å². The summed E-state index contributed by atoms with van der Waals surface area (Å²) in [4.78, 5) is 0. The molecular weight excluding hydrogens is 142 g/mol. The van der Waals surface area contributed by atoms with E-state index in [2.05, 4.69) is 15.4 Å². The second kappa shape index (κ2) is 3.14. The van der Waals surface area contributed by atoms with Crippen molar-refractivity contribution >= 4 is 5.82 Å². The van der Waals surface area contributed by atoms with E-state index in [4.69, 9.17) is 0 Å². The van der Waals surface area contributed by atoms with Gasteiger partial charge in [-0.1, -0.05) is 5.22 Å². The van der Waals surface area contributed by atoms with E-state index >= 15 is 0 Å². The Bertz CT molecular complexity index is 249. The first-order chi connectivity index (χ1) is 5.18. The van der Waals surface area contributed by atoms with Crippen molar-refractivity contribution in [2.45, 2.75) is 0 Å². The van der Waals surface area contributed by atoms with Gasteiger partial charge in [-0.25, -0.2) is 0 Å². The zero-order chi connectivity index (χ0) is 8.27. The summed E-state index contributed by atoms with van der Waals surface area (Å²) in [5, 5.41) is 13.3. The maximum atomic E-state index is 4.01. The number of aromatic nitrogens is 2. The average molecular weight is 153 g/mol. The Kier molecular flexibility index (Phi) is 2.20. The zero-order valence-electron chi connectivity index (χ0n) is 6.89. The minimum atomic E-state index is 0.626. The predicted molar refractivity (Wildman–Crippen MR) is 41.4 cm³/mol. The zero-order valence-corrected chi connectivity index (χ0v) is 6.89. The number of nitrogens with zero attached hydrogens (tertiary/aromatic N) is 5. The minimum Gasteiger partial charge on any atom is -0.285 e. The summed E-state index contributed by atoms with van der Waals surface area (Å²) in [6.45, 7) is 0. The monoisotopic (exact) mass is 153 g/mol. The summed E-state index contributed by atoms with van der Waals surface area (Å²) in [5.41, 5.74) is 0. The second-order valence-electron chi connectivity index (χ2n) is 2.38. The molecule has 0 radical (unpaired) electrons. The Morgan fingerprint density at radius 2 is 2.27 bits per heavy atom. The third-order valence-corrected chi connectivity index (χ3v) is 1.03. The van der Waals surface area contributed by atoms with Crippen molar-refractivity contribution in [3.63, 3.8) is 0 Å². The van der Waals surface area contributed by atoms with E-state index in [-0.39, 0.29) is 0 Å². The average Bonchev–Trinajstić information content (AvgIpc) is 2.31. The second-order valence-corrected chi connectivity index (χ2v) is 2.38. The fourth-order valence-corrected chi connectivity index (χ4v) is 0.591. The van der Waals surface area contributed by atoms with Gasteiger partial charge in [0.25, 0.3) is 0 Å². The Balaban J connectivity index is 2.64. The van der Waals surface area contributed by atoms with Gasteiger partial charge in [0.1, 0.15) is 0 Å². The fourth-order valence-electron chi connectivity index (χ4n) is 0.591. The summed E-state index contributed by atoms with van der Waals surface area (Å²) in [6.07, 6.45) is 1.82. The number of hydrogen-bond donors (Lipinski definition) is 0. The molecule has 0 saturated carbocycles. The summed E-state index contributed by atoms with van der Waals surface area (Å²) >= 11 is 0. The maximum absolute atomic E-state index is 4.01. The molecule has 1 heterocycles. The van der Waals surface area contributed by atoms with Gasteiger partial charge in [0, 0.05) is 33.4 Å². The molecule has 0 unspecified atom stereocenters. The smallest absolute Gasteiger partial charge is 0.197 e. The van der Waals surface area contributed by atoms with E-state index in [0.29, 0.717) is 5.82 Å². The minimum absolute atomic E-state index is 0.626. The van der Waals surface area contributed by atoms with Crippen molar-refractivity contribution in [1.29, 1.82) is 0 Å². The van der Waals surface area contributed by atoms with Crippen LogP contribution in [0.25, 0.3) is 0 Å². The predicted octanol–water partition coefficient (Wildman–Crippen LogP) is 0.980. The van der Waals surface area contributed by atoms with Crippen molar-refractivity contribution < 1.29 is 0 Å². The molecule has 60 valence electrons. The molecular formula is C6H11N5. The molecule has 0 amide bonds. The van der Waals surface area contributed by atoms with E-state index < -0.39 is 0 Å². The van der Waals surface area contributed by atoms with Crippen LogP contribution in [0.3, 0.4) is 0 Å². The standard InChI is InChI=1S/C6H11N5/c1-10(2)9-7-6-4-5-11(3)8-6/h4-5H,1-3H3. The normalized spacial score (nSPS) is 10.8. The molecule has 0 fully saturated rings. The van der Waals surface area contributed by atoms with Crippen LogP contribution < -0.4 is 0 Å². The molecule has 1 rings (SSSR count). The van der Waals surface area contributed by atoms with Crippen LogP contribution in [0.2, 0.25) is 0 Å². The largest absolute Gasteiger partial charge is 0.285 e. The van der Waals surface area contributed by atoms with Gasteiger partial charge in [-0.05, 0) is 0 Å². The van der Waals surface area contributed by atoms with Crippen LogP contribution in [-0.4, -0.2) is 28.9 Å². The highest BCUT2D eigenvalue weighted by molar-refractivity contribution is 5.21. The van der Waals surface area contributed by atoms with Gasteiger partial charge in [0.2, 0.25) is 0 Å². The molecule has 5 nitrogen and oxygen atoms in total. The molecule has 5 heteroatoms. The number of rotatable bonds is 2. The Morgan fingerprint density at radius 3 is 2.73 bits per heavy atom. The van der Waals surface area contributed by atoms with Gasteiger partial charge in [0.15, 0.2) is 5.82 Å². The van der Waals surface area contributed by atoms with Crippen LogP contribution in [0.4, 0.5) is 5.82 Å². The molecule has 11 heavy (non-hydrogen) atoms. The summed E-state index contributed by atoms with van der Waals surface area (Å²) < 4.78 is 1.68. The lowest BCUT2D eigenvalue weighted by atomic mass is 10.7. The van der Waals surface area contributed by atoms with Crippen molar-refractivity contribution in [3.05, 3.63) is 12.3 Å². The molecule has 0 aliphatic heterocycles. The van der Waals surface area contributed by atoms with E-state index in [1.807, 2.05) is 27.3 Å². The highest BCUT2D eigenvalue weighted by atomic mass is 15.5. The summed E-state index contributed by atoms with van der Waals surface area (Å²) in [5.74, 6) is 0.626. The Morgan fingerprint density at radius 1 is 1.55 bits per heavy atom. The molecule has 0 aromatic carbocycles. The molecule has 0 spiro atoms. The van der Waals surface area contributed by atoms with Crippen LogP contribution in [0.5, 0.6) is 0 Å². The molecule has 0 atom stereocenters. The lowest BCUT2D eigenvalue weighted by molar-refractivity contribution is 0.407. The summed E-state index contributed by atoms with van der Waals surface area (Å²) in [7, 11) is 5.47. The third-order valence-electron chi connectivity index (χ3n) is 1.03. The van der Waals surface area contributed by atoms with Crippen molar-refractivity contribution in [2.75, 3.05) is 14.1 Å². The fraction of sp³-hybridized carbons (Fsp3) is 0.500. The van der Waals surface area contributed by atoms with Crippen molar-refractivity contribution in [3.8, 4) is 0 Å².